The minimum atomic E-state index is -0.245. The minimum Gasteiger partial charge on any atom is -0.325 e. The highest BCUT2D eigenvalue weighted by molar-refractivity contribution is 5.92. The molecule has 28 heavy (non-hydrogen) atoms. The second-order valence-electron chi connectivity index (χ2n) is 7.40. The smallest absolute Gasteiger partial charge is 0.238 e. The fraction of sp³-hybridized carbons (Fsp3) is 0.391. The van der Waals surface area contributed by atoms with Gasteiger partial charge in [-0.25, -0.2) is 4.39 Å². The number of nitrogens with zero attached hydrogens (tertiary/aromatic N) is 2. The number of hydrogen-bond donors (Lipinski definition) is 1. The molecular weight excluding hydrogens is 353 g/mol. The molecule has 1 aliphatic carbocycles. The van der Waals surface area contributed by atoms with Gasteiger partial charge in [-0.3, -0.25) is 9.69 Å². The Kier molecular flexibility index (Phi) is 7.16. The van der Waals surface area contributed by atoms with Gasteiger partial charge in [-0.1, -0.05) is 43.5 Å². The standard InChI is InChI=1S/C23H26FN3O/c24-20-10-6-19(7-11-20)16-27(22-4-2-1-3-5-22)17-23(28)26-21-12-8-18(9-13-21)14-15-25/h6-13,22H,1-5,14,16-17H2,(H,26,28). The van der Waals surface area contributed by atoms with Crippen molar-refractivity contribution in [2.75, 3.05) is 11.9 Å². The summed E-state index contributed by atoms with van der Waals surface area (Å²) in [6.45, 7) is 0.946. The third-order valence-electron chi connectivity index (χ3n) is 5.26. The number of carbonyl (C=O) groups is 1. The predicted molar refractivity (Wildman–Crippen MR) is 108 cm³/mol. The first-order valence-corrected chi connectivity index (χ1v) is 9.88. The molecule has 3 rings (SSSR count). The zero-order valence-corrected chi connectivity index (χ0v) is 16.0. The SMILES string of the molecule is N#CCc1ccc(NC(=O)CN(Cc2ccc(F)cc2)C2CCCCC2)cc1. The second kappa shape index (κ2) is 10.0. The van der Waals surface area contributed by atoms with Crippen molar-refractivity contribution in [3.8, 4) is 6.07 Å². The molecule has 0 atom stereocenters. The van der Waals surface area contributed by atoms with Gasteiger partial charge in [0.15, 0.2) is 0 Å². The van der Waals surface area contributed by atoms with Crippen LogP contribution in [0.15, 0.2) is 48.5 Å². The van der Waals surface area contributed by atoms with Crippen LogP contribution < -0.4 is 5.32 Å². The lowest BCUT2D eigenvalue weighted by atomic mass is 9.93. The summed E-state index contributed by atoms with van der Waals surface area (Å²) in [5, 5.41) is 11.7. The van der Waals surface area contributed by atoms with Gasteiger partial charge in [0.1, 0.15) is 5.82 Å². The van der Waals surface area contributed by atoms with E-state index in [1.807, 2.05) is 24.3 Å². The van der Waals surface area contributed by atoms with Crippen molar-refractivity contribution < 1.29 is 9.18 Å². The van der Waals surface area contributed by atoms with Crippen LogP contribution in [0.4, 0.5) is 10.1 Å². The van der Waals surface area contributed by atoms with Gasteiger partial charge in [0, 0.05) is 18.3 Å². The van der Waals surface area contributed by atoms with Gasteiger partial charge in [0.05, 0.1) is 19.0 Å². The second-order valence-corrected chi connectivity index (χ2v) is 7.40. The summed E-state index contributed by atoms with van der Waals surface area (Å²) in [6, 6.07) is 16.4. The molecule has 2 aromatic carbocycles. The number of halogens is 1. The monoisotopic (exact) mass is 379 g/mol. The van der Waals surface area contributed by atoms with Crippen molar-refractivity contribution in [1.29, 1.82) is 5.26 Å². The quantitative estimate of drug-likeness (QED) is 0.761. The number of benzene rings is 2. The molecule has 5 heteroatoms. The first-order valence-electron chi connectivity index (χ1n) is 9.88. The van der Waals surface area contributed by atoms with Crippen molar-refractivity contribution >= 4 is 11.6 Å². The Bertz CT molecular complexity index is 805. The minimum absolute atomic E-state index is 0.0549. The molecule has 4 nitrogen and oxygen atoms in total. The number of anilines is 1. The molecule has 1 fully saturated rings. The normalized spacial score (nSPS) is 14.6. The van der Waals surface area contributed by atoms with Crippen LogP contribution in [0, 0.1) is 17.1 Å². The molecular formula is C23H26FN3O. The number of hydrogen-bond acceptors (Lipinski definition) is 3. The summed E-state index contributed by atoms with van der Waals surface area (Å²) >= 11 is 0. The zero-order valence-electron chi connectivity index (χ0n) is 16.0. The van der Waals surface area contributed by atoms with E-state index in [0.717, 1.165) is 29.7 Å². The molecule has 1 amide bonds. The van der Waals surface area contributed by atoms with E-state index in [9.17, 15) is 9.18 Å². The molecule has 0 aliphatic heterocycles. The first kappa shape index (κ1) is 20.0. The fourth-order valence-electron chi connectivity index (χ4n) is 3.77. The lowest BCUT2D eigenvalue weighted by Gasteiger charge is -2.34. The largest absolute Gasteiger partial charge is 0.325 e. The summed E-state index contributed by atoms with van der Waals surface area (Å²) in [6.07, 6.45) is 6.18. The molecule has 1 N–H and O–H groups in total. The number of nitrogens with one attached hydrogen (secondary N) is 1. The van der Waals surface area contributed by atoms with Gasteiger partial charge in [0.25, 0.3) is 0 Å². The van der Waals surface area contributed by atoms with E-state index in [1.54, 1.807) is 12.1 Å². The van der Waals surface area contributed by atoms with Gasteiger partial charge >= 0.3 is 0 Å². The van der Waals surface area contributed by atoms with Crippen LogP contribution in [0.3, 0.4) is 0 Å². The van der Waals surface area contributed by atoms with Gasteiger partial charge in [-0.15, -0.1) is 0 Å². The topological polar surface area (TPSA) is 56.1 Å². The Labute approximate surface area is 166 Å². The van der Waals surface area contributed by atoms with Gasteiger partial charge < -0.3 is 5.32 Å². The predicted octanol–water partition coefficient (Wildman–Crippen LogP) is 4.67. The van der Waals surface area contributed by atoms with Crippen molar-refractivity contribution in [3.05, 3.63) is 65.5 Å². The highest BCUT2D eigenvalue weighted by atomic mass is 19.1. The Balaban J connectivity index is 1.64. The van der Waals surface area contributed by atoms with Crippen molar-refractivity contribution in [2.45, 2.75) is 51.1 Å². The maximum Gasteiger partial charge on any atom is 0.238 e. The fourth-order valence-corrected chi connectivity index (χ4v) is 3.77. The Morgan fingerprint density at radius 1 is 1.04 bits per heavy atom. The third-order valence-corrected chi connectivity index (χ3v) is 5.26. The molecule has 146 valence electrons. The lowest BCUT2D eigenvalue weighted by Crippen LogP contribution is -2.41. The first-order chi connectivity index (χ1) is 13.6. The molecule has 2 aromatic rings. The van der Waals surface area contributed by atoms with Crippen LogP contribution in [0.2, 0.25) is 0 Å². The lowest BCUT2D eigenvalue weighted by molar-refractivity contribution is -0.118. The number of amides is 1. The molecule has 1 saturated carbocycles. The molecule has 0 unspecified atom stereocenters. The number of rotatable bonds is 7. The van der Waals surface area contributed by atoms with Crippen LogP contribution >= 0.6 is 0 Å². The van der Waals surface area contributed by atoms with Crippen molar-refractivity contribution in [2.24, 2.45) is 0 Å². The van der Waals surface area contributed by atoms with E-state index in [0.29, 0.717) is 25.6 Å². The van der Waals surface area contributed by atoms with E-state index in [2.05, 4.69) is 16.3 Å². The number of nitriles is 1. The van der Waals surface area contributed by atoms with Gasteiger partial charge in [-0.05, 0) is 48.2 Å². The van der Waals surface area contributed by atoms with Gasteiger partial charge in [-0.2, -0.15) is 5.26 Å². The summed E-state index contributed by atoms with van der Waals surface area (Å²) in [7, 11) is 0. The summed E-state index contributed by atoms with van der Waals surface area (Å²) in [4.78, 5) is 14.9. The van der Waals surface area contributed by atoms with Gasteiger partial charge in [0.2, 0.25) is 5.91 Å². The van der Waals surface area contributed by atoms with Crippen LogP contribution in [-0.2, 0) is 17.8 Å². The molecule has 0 aromatic heterocycles. The zero-order chi connectivity index (χ0) is 19.8. The van der Waals surface area contributed by atoms with Crippen LogP contribution in [0.25, 0.3) is 0 Å². The average Bonchev–Trinajstić information content (AvgIpc) is 2.71. The summed E-state index contributed by atoms with van der Waals surface area (Å²) < 4.78 is 13.2. The highest BCUT2D eigenvalue weighted by Gasteiger charge is 2.23. The number of carbonyl (C=O) groups excluding carboxylic acids is 1. The average molecular weight is 379 g/mol. The van der Waals surface area contributed by atoms with E-state index in [1.165, 1.54) is 31.4 Å². The van der Waals surface area contributed by atoms with E-state index >= 15 is 0 Å². The molecule has 0 heterocycles. The molecule has 0 bridgehead atoms. The Hall–Kier alpha value is -2.71. The molecule has 0 saturated heterocycles. The van der Waals surface area contributed by atoms with Crippen molar-refractivity contribution in [3.63, 3.8) is 0 Å². The maximum absolute atomic E-state index is 13.2. The molecule has 1 aliphatic rings. The highest BCUT2D eigenvalue weighted by Crippen LogP contribution is 2.24. The Morgan fingerprint density at radius 3 is 2.32 bits per heavy atom. The maximum atomic E-state index is 13.2. The van der Waals surface area contributed by atoms with E-state index in [4.69, 9.17) is 5.26 Å². The van der Waals surface area contributed by atoms with Crippen LogP contribution in [0.5, 0.6) is 0 Å². The Morgan fingerprint density at radius 2 is 1.68 bits per heavy atom. The molecule has 0 spiro atoms. The van der Waals surface area contributed by atoms with E-state index < -0.39 is 0 Å². The third kappa shape index (κ3) is 5.90. The van der Waals surface area contributed by atoms with Crippen LogP contribution in [-0.4, -0.2) is 23.4 Å². The van der Waals surface area contributed by atoms with Crippen molar-refractivity contribution in [1.82, 2.24) is 4.90 Å². The summed E-state index contributed by atoms with van der Waals surface area (Å²) in [5.74, 6) is -0.300. The van der Waals surface area contributed by atoms with E-state index in [-0.39, 0.29) is 11.7 Å². The summed E-state index contributed by atoms with van der Waals surface area (Å²) in [5.41, 5.74) is 2.68. The van der Waals surface area contributed by atoms with Crippen LogP contribution in [0.1, 0.15) is 43.2 Å². The molecule has 0 radical (unpaired) electrons.